The van der Waals surface area contributed by atoms with Crippen molar-refractivity contribution in [3.05, 3.63) is 87.0 Å². The van der Waals surface area contributed by atoms with Crippen LogP contribution in [0.1, 0.15) is 25.1 Å². The topological polar surface area (TPSA) is 73.7 Å². The normalized spacial score (nSPS) is 11.9. The minimum atomic E-state index is -4.20. The van der Waals surface area contributed by atoms with Gasteiger partial charge in [0.25, 0.3) is 10.0 Å². The van der Waals surface area contributed by atoms with Gasteiger partial charge in [-0.15, -0.1) is 0 Å². The van der Waals surface area contributed by atoms with Gasteiger partial charge in [-0.1, -0.05) is 48.7 Å². The number of hydrogen-bond acceptors (Lipinski definition) is 5. The number of halogens is 3. The lowest BCUT2D eigenvalue weighted by Crippen LogP contribution is -2.27. The molecule has 0 aliphatic rings. The van der Waals surface area contributed by atoms with Crippen molar-refractivity contribution in [2.24, 2.45) is 0 Å². The molecule has 1 aromatic heterocycles. The summed E-state index contributed by atoms with van der Waals surface area (Å²) >= 11 is 18.5. The third-order valence-electron chi connectivity index (χ3n) is 6.11. The molecule has 4 rings (SSSR count). The van der Waals surface area contributed by atoms with Gasteiger partial charge in [-0.3, -0.25) is 9.88 Å². The van der Waals surface area contributed by atoms with Gasteiger partial charge in [0.2, 0.25) is 0 Å². The predicted molar refractivity (Wildman–Crippen MR) is 152 cm³/mol. The van der Waals surface area contributed by atoms with Gasteiger partial charge in [0.15, 0.2) is 0 Å². The van der Waals surface area contributed by atoms with Crippen LogP contribution in [0.4, 0.5) is 11.4 Å². The Labute approximate surface area is 232 Å². The second-order valence-corrected chi connectivity index (χ2v) is 11.6. The van der Waals surface area contributed by atoms with Gasteiger partial charge in [-0.2, -0.15) is 0 Å². The zero-order chi connectivity index (χ0) is 26.9. The highest BCUT2D eigenvalue weighted by atomic mass is 35.5. The molecule has 6 nitrogen and oxygen atoms in total. The van der Waals surface area contributed by atoms with Crippen molar-refractivity contribution in [1.29, 1.82) is 0 Å². The molecule has 0 saturated heterocycles. The second-order valence-electron chi connectivity index (χ2n) is 8.56. The molecule has 0 radical (unpaired) electrons. The highest BCUT2D eigenvalue weighted by Crippen LogP contribution is 2.40. The number of phenolic OH excluding ortho intramolecular Hbond substituents is 1. The van der Waals surface area contributed by atoms with Crippen molar-refractivity contribution in [2.75, 3.05) is 17.4 Å². The number of aromatic nitrogens is 1. The molecule has 0 bridgehead atoms. The average Bonchev–Trinajstić information content (AvgIpc) is 2.85. The van der Waals surface area contributed by atoms with E-state index in [0.29, 0.717) is 45.1 Å². The summed E-state index contributed by atoms with van der Waals surface area (Å²) in [6.07, 6.45) is 0. The Morgan fingerprint density at radius 1 is 0.892 bits per heavy atom. The molecule has 3 aromatic carbocycles. The largest absolute Gasteiger partial charge is 0.508 e. The van der Waals surface area contributed by atoms with Crippen LogP contribution < -0.4 is 4.31 Å². The summed E-state index contributed by atoms with van der Waals surface area (Å²) in [7, 11) is -4.20. The maximum Gasteiger partial charge on any atom is 0.268 e. The quantitative estimate of drug-likeness (QED) is 0.233. The standard InChI is InChI=1S/C27H26Cl3N3O3S/c1-4-32(5-2)16-18-13-20(7-11-27(18)34)33(37(35,36)21-8-10-23(29)24(30)15-21)26-12-17(3)31-25-14-19(28)6-9-22(25)26/h6-15,34H,4-5,16H2,1-3H3. The highest BCUT2D eigenvalue weighted by Gasteiger charge is 2.30. The fourth-order valence-electron chi connectivity index (χ4n) is 4.14. The van der Waals surface area contributed by atoms with E-state index >= 15 is 0 Å². The zero-order valence-corrected chi connectivity index (χ0v) is 23.6. The number of phenols is 1. The Bertz CT molecular complexity index is 1570. The van der Waals surface area contributed by atoms with E-state index in [1.165, 1.54) is 28.6 Å². The van der Waals surface area contributed by atoms with Crippen LogP contribution in [-0.4, -0.2) is 36.5 Å². The van der Waals surface area contributed by atoms with Crippen LogP contribution in [0, 0.1) is 6.92 Å². The number of sulfonamides is 1. The maximum atomic E-state index is 14.3. The van der Waals surface area contributed by atoms with E-state index in [1.54, 1.807) is 43.3 Å². The predicted octanol–water partition coefficient (Wildman–Crippen LogP) is 7.58. The van der Waals surface area contributed by atoms with Gasteiger partial charge < -0.3 is 5.11 Å². The first kappa shape index (κ1) is 27.5. The van der Waals surface area contributed by atoms with Crippen LogP contribution in [0.25, 0.3) is 10.9 Å². The lowest BCUT2D eigenvalue weighted by molar-refractivity contribution is 0.291. The first-order valence-corrected chi connectivity index (χ1v) is 14.2. The number of anilines is 2. The number of benzene rings is 3. The summed E-state index contributed by atoms with van der Waals surface area (Å²) in [5, 5.41) is 12.1. The first-order chi connectivity index (χ1) is 17.5. The molecule has 0 unspecified atom stereocenters. The van der Waals surface area contributed by atoms with E-state index in [1.807, 2.05) is 13.8 Å². The Balaban J connectivity index is 2.01. The summed E-state index contributed by atoms with van der Waals surface area (Å²) in [6, 6.07) is 15.8. The van der Waals surface area contributed by atoms with Crippen molar-refractivity contribution < 1.29 is 13.5 Å². The van der Waals surface area contributed by atoms with Crippen LogP contribution >= 0.6 is 34.8 Å². The number of pyridine rings is 1. The SMILES string of the molecule is CCN(CC)Cc1cc(N(c2cc(C)nc3cc(Cl)ccc23)S(=O)(=O)c2ccc(Cl)c(Cl)c2)ccc1O. The molecule has 1 N–H and O–H groups in total. The molecule has 0 spiro atoms. The van der Waals surface area contributed by atoms with Crippen LogP contribution in [0.5, 0.6) is 5.75 Å². The zero-order valence-electron chi connectivity index (χ0n) is 20.5. The van der Waals surface area contributed by atoms with Gasteiger partial charge in [0.1, 0.15) is 5.75 Å². The molecule has 10 heteroatoms. The van der Waals surface area contributed by atoms with Gasteiger partial charge in [0, 0.05) is 28.2 Å². The van der Waals surface area contributed by atoms with Crippen LogP contribution in [0.15, 0.2) is 65.6 Å². The summed E-state index contributed by atoms with van der Waals surface area (Å²) in [6.45, 7) is 7.86. The van der Waals surface area contributed by atoms with E-state index in [9.17, 15) is 13.5 Å². The molecule has 0 atom stereocenters. The number of aromatic hydroxyl groups is 1. The molecular weight excluding hydrogens is 553 g/mol. The second kappa shape index (κ2) is 11.1. The minimum absolute atomic E-state index is 0.0307. The molecular formula is C27H26Cl3N3O3S. The van der Waals surface area contributed by atoms with E-state index in [4.69, 9.17) is 34.8 Å². The first-order valence-electron chi connectivity index (χ1n) is 11.7. The fraction of sp³-hybridized carbons (Fsp3) is 0.222. The molecule has 0 aliphatic heterocycles. The van der Waals surface area contributed by atoms with Crippen molar-refractivity contribution in [3.63, 3.8) is 0 Å². The Kier molecular flexibility index (Phi) is 8.21. The highest BCUT2D eigenvalue weighted by molar-refractivity contribution is 7.93. The Morgan fingerprint density at radius 2 is 1.62 bits per heavy atom. The van der Waals surface area contributed by atoms with Gasteiger partial charge in [-0.25, -0.2) is 12.7 Å². The number of fused-ring (bicyclic) bond motifs is 1. The van der Waals surface area contributed by atoms with Crippen LogP contribution in [0.2, 0.25) is 15.1 Å². The van der Waals surface area contributed by atoms with E-state index < -0.39 is 10.0 Å². The maximum absolute atomic E-state index is 14.3. The number of hydrogen-bond donors (Lipinski definition) is 1. The molecule has 0 saturated carbocycles. The molecule has 194 valence electrons. The van der Waals surface area contributed by atoms with Gasteiger partial charge in [0.05, 0.1) is 31.8 Å². The minimum Gasteiger partial charge on any atom is -0.508 e. The molecule has 0 fully saturated rings. The molecule has 0 aliphatic carbocycles. The molecule has 0 amide bonds. The summed E-state index contributed by atoms with van der Waals surface area (Å²) in [4.78, 5) is 6.65. The molecule has 37 heavy (non-hydrogen) atoms. The van der Waals surface area contributed by atoms with E-state index in [2.05, 4.69) is 9.88 Å². The lowest BCUT2D eigenvalue weighted by atomic mass is 10.1. The van der Waals surface area contributed by atoms with Crippen molar-refractivity contribution in [3.8, 4) is 5.75 Å². The van der Waals surface area contributed by atoms with Crippen molar-refractivity contribution in [1.82, 2.24) is 9.88 Å². The van der Waals surface area contributed by atoms with Crippen molar-refractivity contribution in [2.45, 2.75) is 32.2 Å². The Morgan fingerprint density at radius 3 is 2.30 bits per heavy atom. The summed E-state index contributed by atoms with van der Waals surface area (Å²) < 4.78 is 29.8. The average molecular weight is 579 g/mol. The van der Waals surface area contributed by atoms with Crippen molar-refractivity contribution >= 4 is 67.1 Å². The lowest BCUT2D eigenvalue weighted by Gasteiger charge is -2.27. The van der Waals surface area contributed by atoms with Crippen LogP contribution in [0.3, 0.4) is 0 Å². The third-order valence-corrected chi connectivity index (χ3v) is 8.82. The Hall–Kier alpha value is -2.55. The number of nitrogens with zero attached hydrogens (tertiary/aromatic N) is 3. The van der Waals surface area contributed by atoms with E-state index in [0.717, 1.165) is 13.1 Å². The smallest absolute Gasteiger partial charge is 0.268 e. The summed E-state index contributed by atoms with van der Waals surface area (Å²) in [5.74, 6) is 0.0880. The third kappa shape index (κ3) is 5.66. The van der Waals surface area contributed by atoms with E-state index in [-0.39, 0.29) is 20.7 Å². The summed E-state index contributed by atoms with van der Waals surface area (Å²) in [5.41, 5.74) is 2.52. The van der Waals surface area contributed by atoms with Crippen LogP contribution in [-0.2, 0) is 16.6 Å². The monoisotopic (exact) mass is 577 g/mol. The number of rotatable bonds is 8. The number of aryl methyl sites for hydroxylation is 1. The van der Waals surface area contributed by atoms with Gasteiger partial charge >= 0.3 is 0 Å². The fourth-order valence-corrected chi connectivity index (χ4v) is 6.19. The molecule has 4 aromatic rings. The van der Waals surface area contributed by atoms with Gasteiger partial charge in [-0.05, 0) is 80.7 Å². The molecule has 1 heterocycles.